The third kappa shape index (κ3) is 5.20. The van der Waals surface area contributed by atoms with Crippen LogP contribution in [0.15, 0.2) is 66.9 Å². The van der Waals surface area contributed by atoms with Crippen molar-refractivity contribution in [1.82, 2.24) is 15.2 Å². The zero-order chi connectivity index (χ0) is 19.1. The number of nitrogens with zero attached hydrogens (tertiary/aromatic N) is 2. The maximum atomic E-state index is 12.5. The molecule has 2 amide bonds. The molecule has 1 aromatic heterocycles. The fourth-order valence-electron chi connectivity index (χ4n) is 2.84. The number of hydrogen-bond donors (Lipinski definition) is 1. The Morgan fingerprint density at radius 2 is 1.93 bits per heavy atom. The highest BCUT2D eigenvalue weighted by atomic mass is 16.5. The minimum atomic E-state index is -0.0832. The standard InChI is InChI=1S/C22H25N3O2/c1-17(2)25(16-18-7-4-3-5-8-18)22(26)24-13-14-27-20-10-11-21-19(15-20)9-6-12-23-21/h3-12,15,17H,13-14,16H2,1-2H3,(H,24,26). The van der Waals surface area contributed by atoms with Crippen LogP contribution in [0.5, 0.6) is 5.75 Å². The molecule has 0 saturated heterocycles. The van der Waals surface area contributed by atoms with E-state index in [-0.39, 0.29) is 12.1 Å². The second-order valence-electron chi connectivity index (χ2n) is 6.65. The summed E-state index contributed by atoms with van der Waals surface area (Å²) in [5, 5.41) is 3.98. The van der Waals surface area contributed by atoms with E-state index in [4.69, 9.17) is 4.74 Å². The topological polar surface area (TPSA) is 54.5 Å². The van der Waals surface area contributed by atoms with Crippen molar-refractivity contribution in [3.05, 3.63) is 72.4 Å². The summed E-state index contributed by atoms with van der Waals surface area (Å²) >= 11 is 0. The summed E-state index contributed by atoms with van der Waals surface area (Å²) in [6.07, 6.45) is 1.77. The van der Waals surface area contributed by atoms with E-state index < -0.39 is 0 Å². The van der Waals surface area contributed by atoms with E-state index in [1.807, 2.05) is 79.4 Å². The molecule has 0 aliphatic carbocycles. The Morgan fingerprint density at radius 3 is 2.70 bits per heavy atom. The van der Waals surface area contributed by atoms with Gasteiger partial charge in [0.05, 0.1) is 12.1 Å². The van der Waals surface area contributed by atoms with Crippen LogP contribution in [0.4, 0.5) is 4.79 Å². The molecule has 0 aliphatic heterocycles. The van der Waals surface area contributed by atoms with Gasteiger partial charge in [-0.05, 0) is 43.7 Å². The number of carbonyl (C=O) groups is 1. The van der Waals surface area contributed by atoms with E-state index in [9.17, 15) is 4.79 Å². The van der Waals surface area contributed by atoms with Crippen molar-refractivity contribution in [2.75, 3.05) is 13.2 Å². The molecule has 2 aromatic carbocycles. The number of urea groups is 1. The third-order valence-electron chi connectivity index (χ3n) is 4.30. The molecule has 1 N–H and O–H groups in total. The largest absolute Gasteiger partial charge is 0.492 e. The minimum Gasteiger partial charge on any atom is -0.492 e. The lowest BCUT2D eigenvalue weighted by Gasteiger charge is -2.27. The highest BCUT2D eigenvalue weighted by Gasteiger charge is 2.16. The van der Waals surface area contributed by atoms with Crippen LogP contribution in [0.2, 0.25) is 0 Å². The molecule has 3 aromatic rings. The highest BCUT2D eigenvalue weighted by molar-refractivity contribution is 5.79. The molecule has 0 fully saturated rings. The van der Waals surface area contributed by atoms with Crippen LogP contribution < -0.4 is 10.1 Å². The van der Waals surface area contributed by atoms with Crippen LogP contribution in [0, 0.1) is 0 Å². The number of pyridine rings is 1. The first-order valence-corrected chi connectivity index (χ1v) is 9.19. The second-order valence-corrected chi connectivity index (χ2v) is 6.65. The monoisotopic (exact) mass is 363 g/mol. The summed E-state index contributed by atoms with van der Waals surface area (Å²) in [6, 6.07) is 19.7. The zero-order valence-electron chi connectivity index (χ0n) is 15.8. The average Bonchev–Trinajstić information content (AvgIpc) is 2.69. The Hall–Kier alpha value is -3.08. The normalized spacial score (nSPS) is 10.8. The zero-order valence-corrected chi connectivity index (χ0v) is 15.8. The van der Waals surface area contributed by atoms with Crippen molar-refractivity contribution in [2.45, 2.75) is 26.4 Å². The summed E-state index contributed by atoms with van der Waals surface area (Å²) in [5.74, 6) is 0.773. The van der Waals surface area contributed by atoms with Gasteiger partial charge < -0.3 is 15.0 Å². The highest BCUT2D eigenvalue weighted by Crippen LogP contribution is 2.18. The van der Waals surface area contributed by atoms with Gasteiger partial charge in [-0.15, -0.1) is 0 Å². The minimum absolute atomic E-state index is 0.0832. The van der Waals surface area contributed by atoms with Gasteiger partial charge in [0.25, 0.3) is 0 Å². The SMILES string of the molecule is CC(C)N(Cc1ccccc1)C(=O)NCCOc1ccc2ncccc2c1. The second kappa shape index (κ2) is 9.03. The number of fused-ring (bicyclic) bond motifs is 1. The molecule has 0 atom stereocenters. The van der Waals surface area contributed by atoms with Gasteiger partial charge in [-0.3, -0.25) is 4.98 Å². The first-order chi connectivity index (χ1) is 13.1. The number of aromatic nitrogens is 1. The van der Waals surface area contributed by atoms with E-state index in [1.54, 1.807) is 6.20 Å². The van der Waals surface area contributed by atoms with Crippen LogP contribution in [-0.2, 0) is 6.54 Å². The van der Waals surface area contributed by atoms with Crippen molar-refractivity contribution in [3.63, 3.8) is 0 Å². The van der Waals surface area contributed by atoms with E-state index >= 15 is 0 Å². The van der Waals surface area contributed by atoms with E-state index in [0.717, 1.165) is 22.2 Å². The smallest absolute Gasteiger partial charge is 0.318 e. The molecule has 0 aliphatic rings. The molecule has 27 heavy (non-hydrogen) atoms. The van der Waals surface area contributed by atoms with E-state index in [1.165, 1.54) is 0 Å². The summed E-state index contributed by atoms with van der Waals surface area (Å²) in [6.45, 7) is 5.48. The number of carbonyl (C=O) groups excluding carboxylic acids is 1. The predicted molar refractivity (Wildman–Crippen MR) is 108 cm³/mol. The summed E-state index contributed by atoms with van der Waals surface area (Å²) < 4.78 is 5.76. The van der Waals surface area contributed by atoms with Gasteiger partial charge in [-0.2, -0.15) is 0 Å². The number of rotatable bonds is 7. The molecule has 0 unspecified atom stereocenters. The summed E-state index contributed by atoms with van der Waals surface area (Å²) in [5.41, 5.74) is 2.05. The molecule has 0 spiro atoms. The molecule has 1 heterocycles. The van der Waals surface area contributed by atoms with Crippen LogP contribution in [-0.4, -0.2) is 35.1 Å². The first kappa shape index (κ1) is 18.7. The molecule has 0 radical (unpaired) electrons. The quantitative estimate of drug-likeness (QED) is 0.639. The van der Waals surface area contributed by atoms with Gasteiger partial charge in [0.1, 0.15) is 12.4 Å². The molecular formula is C22H25N3O2. The number of benzene rings is 2. The number of hydrogen-bond acceptors (Lipinski definition) is 3. The maximum Gasteiger partial charge on any atom is 0.318 e. The number of amides is 2. The van der Waals surface area contributed by atoms with Crippen molar-refractivity contribution in [3.8, 4) is 5.75 Å². The van der Waals surface area contributed by atoms with E-state index in [2.05, 4.69) is 10.3 Å². The molecule has 0 bridgehead atoms. The van der Waals surface area contributed by atoms with Gasteiger partial charge >= 0.3 is 6.03 Å². The molecule has 5 heteroatoms. The maximum absolute atomic E-state index is 12.5. The Morgan fingerprint density at radius 1 is 1.11 bits per heavy atom. The predicted octanol–water partition coefficient (Wildman–Crippen LogP) is 4.23. The van der Waals surface area contributed by atoms with Gasteiger partial charge in [-0.25, -0.2) is 4.79 Å². The summed E-state index contributed by atoms with van der Waals surface area (Å²) in [4.78, 5) is 18.6. The number of nitrogens with one attached hydrogen (secondary N) is 1. The molecule has 3 rings (SSSR count). The Balaban J connectivity index is 1.49. The lowest BCUT2D eigenvalue weighted by Crippen LogP contribution is -2.44. The third-order valence-corrected chi connectivity index (χ3v) is 4.30. The Kier molecular flexibility index (Phi) is 6.26. The van der Waals surface area contributed by atoms with Gasteiger partial charge in [0.15, 0.2) is 0 Å². The molecule has 0 saturated carbocycles. The fourth-order valence-corrected chi connectivity index (χ4v) is 2.84. The van der Waals surface area contributed by atoms with Crippen molar-refractivity contribution in [1.29, 1.82) is 0 Å². The van der Waals surface area contributed by atoms with Crippen LogP contribution in [0.25, 0.3) is 10.9 Å². The van der Waals surface area contributed by atoms with Gasteiger partial charge in [-0.1, -0.05) is 36.4 Å². The molecular weight excluding hydrogens is 338 g/mol. The fraction of sp³-hybridized carbons (Fsp3) is 0.273. The van der Waals surface area contributed by atoms with Crippen LogP contribution >= 0.6 is 0 Å². The molecule has 140 valence electrons. The Labute approximate surface area is 160 Å². The lowest BCUT2D eigenvalue weighted by atomic mass is 10.2. The van der Waals surface area contributed by atoms with Crippen molar-refractivity contribution < 1.29 is 9.53 Å². The average molecular weight is 363 g/mol. The van der Waals surface area contributed by atoms with Crippen molar-refractivity contribution in [2.24, 2.45) is 0 Å². The van der Waals surface area contributed by atoms with Gasteiger partial charge in [0.2, 0.25) is 0 Å². The first-order valence-electron chi connectivity index (χ1n) is 9.19. The number of ether oxygens (including phenoxy) is 1. The lowest BCUT2D eigenvalue weighted by molar-refractivity contribution is 0.177. The van der Waals surface area contributed by atoms with Gasteiger partial charge in [0, 0.05) is 24.2 Å². The van der Waals surface area contributed by atoms with Crippen LogP contribution in [0.1, 0.15) is 19.4 Å². The Bertz CT molecular complexity index is 881. The molecule has 5 nitrogen and oxygen atoms in total. The van der Waals surface area contributed by atoms with E-state index in [0.29, 0.717) is 19.7 Å². The summed E-state index contributed by atoms with van der Waals surface area (Å²) in [7, 11) is 0. The van der Waals surface area contributed by atoms with Crippen molar-refractivity contribution >= 4 is 16.9 Å². The van der Waals surface area contributed by atoms with Crippen LogP contribution in [0.3, 0.4) is 0 Å².